The number of imidazole rings is 1. The average Bonchev–Trinajstić information content (AvgIpc) is 2.92. The molecule has 0 aliphatic heterocycles. The van der Waals surface area contributed by atoms with E-state index in [9.17, 15) is 9.50 Å². The Morgan fingerprint density at radius 2 is 2.32 bits per heavy atom. The van der Waals surface area contributed by atoms with Crippen molar-refractivity contribution in [3.05, 3.63) is 60.1 Å². The number of hydrogen-bond donors (Lipinski definition) is 4. The second-order valence-electron chi connectivity index (χ2n) is 3.78. The van der Waals surface area contributed by atoms with Gasteiger partial charge in [-0.25, -0.2) is 9.37 Å². The van der Waals surface area contributed by atoms with Crippen molar-refractivity contribution in [1.82, 2.24) is 9.97 Å². The molecule has 6 heteroatoms. The summed E-state index contributed by atoms with van der Waals surface area (Å²) in [7, 11) is 0. The third-order valence-electron chi connectivity index (χ3n) is 2.52. The number of hydrogen-bond acceptors (Lipinski definition) is 4. The Morgan fingerprint density at radius 3 is 3.00 bits per heavy atom. The molecule has 0 aliphatic carbocycles. The Bertz CT molecular complexity index is 580. The SMILES string of the molecule is N=C/C=C\Nc1cc(F)ccc1C(O)c1ncc[nH]1. The standard InChI is InChI=1S/C13H13FN4O/c14-9-2-3-10(11(8-9)16-5-1-4-15)12(19)13-17-6-7-18-13/h1-8,12,15-16,19H,(H,17,18)/b5-1-,15-4?. The maximum Gasteiger partial charge on any atom is 0.139 e. The molecule has 1 atom stereocenters. The lowest BCUT2D eigenvalue weighted by molar-refractivity contribution is 0.211. The molecule has 0 radical (unpaired) electrons. The Morgan fingerprint density at radius 1 is 1.47 bits per heavy atom. The molecule has 19 heavy (non-hydrogen) atoms. The third-order valence-corrected chi connectivity index (χ3v) is 2.52. The van der Waals surface area contributed by atoms with E-state index in [1.807, 2.05) is 0 Å². The second kappa shape index (κ2) is 5.92. The van der Waals surface area contributed by atoms with Crippen LogP contribution in [0.2, 0.25) is 0 Å². The first-order chi connectivity index (χ1) is 9.22. The number of anilines is 1. The van der Waals surface area contributed by atoms with Gasteiger partial charge < -0.3 is 20.8 Å². The molecule has 0 saturated carbocycles. The molecule has 0 aliphatic rings. The number of nitrogens with zero attached hydrogens (tertiary/aromatic N) is 1. The fraction of sp³-hybridized carbons (Fsp3) is 0.0769. The second-order valence-corrected chi connectivity index (χ2v) is 3.78. The van der Waals surface area contributed by atoms with Crippen molar-refractivity contribution in [3.8, 4) is 0 Å². The van der Waals surface area contributed by atoms with Gasteiger partial charge in [-0.1, -0.05) is 6.07 Å². The molecule has 1 heterocycles. The van der Waals surface area contributed by atoms with Gasteiger partial charge in [0.05, 0.1) is 0 Å². The number of nitrogens with one attached hydrogen (secondary N) is 3. The molecule has 1 aromatic carbocycles. The van der Waals surface area contributed by atoms with Crippen LogP contribution >= 0.6 is 0 Å². The van der Waals surface area contributed by atoms with E-state index in [1.54, 1.807) is 6.20 Å². The Labute approximate surface area is 109 Å². The largest absolute Gasteiger partial charge is 0.380 e. The minimum absolute atomic E-state index is 0.380. The van der Waals surface area contributed by atoms with E-state index in [-0.39, 0.29) is 0 Å². The quantitative estimate of drug-likeness (QED) is 0.622. The molecule has 0 amide bonds. The van der Waals surface area contributed by atoms with Crippen molar-refractivity contribution in [1.29, 1.82) is 5.41 Å². The van der Waals surface area contributed by atoms with E-state index in [0.717, 1.165) is 6.21 Å². The highest BCUT2D eigenvalue weighted by Crippen LogP contribution is 2.27. The van der Waals surface area contributed by atoms with E-state index in [2.05, 4.69) is 15.3 Å². The van der Waals surface area contributed by atoms with Crippen molar-refractivity contribution < 1.29 is 9.50 Å². The van der Waals surface area contributed by atoms with Crippen LogP contribution in [0, 0.1) is 11.2 Å². The van der Waals surface area contributed by atoms with Crippen molar-refractivity contribution in [3.63, 3.8) is 0 Å². The highest BCUT2D eigenvalue weighted by Gasteiger charge is 2.16. The molecule has 1 aromatic heterocycles. The lowest BCUT2D eigenvalue weighted by Crippen LogP contribution is -2.05. The molecule has 0 spiro atoms. The predicted octanol–water partition coefficient (Wildman–Crippen LogP) is 2.21. The first-order valence-corrected chi connectivity index (χ1v) is 5.61. The maximum absolute atomic E-state index is 13.2. The van der Waals surface area contributed by atoms with Gasteiger partial charge >= 0.3 is 0 Å². The summed E-state index contributed by atoms with van der Waals surface area (Å²) in [4.78, 5) is 6.78. The van der Waals surface area contributed by atoms with E-state index < -0.39 is 11.9 Å². The molecule has 4 N–H and O–H groups in total. The van der Waals surface area contributed by atoms with Crippen LogP contribution in [0.15, 0.2) is 42.9 Å². The predicted molar refractivity (Wildman–Crippen MR) is 70.6 cm³/mol. The molecular weight excluding hydrogens is 247 g/mol. The number of aliphatic hydroxyl groups excluding tert-OH is 1. The fourth-order valence-electron chi connectivity index (χ4n) is 1.65. The van der Waals surface area contributed by atoms with Gasteiger partial charge in [-0.05, 0) is 18.2 Å². The minimum atomic E-state index is -0.980. The van der Waals surface area contributed by atoms with Crippen LogP contribution in [-0.4, -0.2) is 21.3 Å². The van der Waals surface area contributed by atoms with E-state index in [1.165, 1.54) is 36.7 Å². The molecule has 1 unspecified atom stereocenters. The zero-order valence-electron chi connectivity index (χ0n) is 9.97. The number of halogens is 1. The summed E-state index contributed by atoms with van der Waals surface area (Å²) in [5, 5.41) is 19.9. The highest BCUT2D eigenvalue weighted by molar-refractivity contribution is 5.69. The van der Waals surface area contributed by atoms with Gasteiger partial charge in [-0.3, -0.25) is 0 Å². The Kier molecular flexibility index (Phi) is 4.04. The van der Waals surface area contributed by atoms with Gasteiger partial charge in [0.1, 0.15) is 17.7 Å². The maximum atomic E-state index is 13.2. The first kappa shape index (κ1) is 13.0. The van der Waals surface area contributed by atoms with Crippen molar-refractivity contribution >= 4 is 11.9 Å². The zero-order chi connectivity index (χ0) is 13.7. The minimum Gasteiger partial charge on any atom is -0.380 e. The summed E-state index contributed by atoms with van der Waals surface area (Å²) in [6.07, 6.45) is 6.18. The molecule has 0 fully saturated rings. The van der Waals surface area contributed by atoms with Crippen molar-refractivity contribution in [2.24, 2.45) is 0 Å². The molecular formula is C13H13FN4O. The third kappa shape index (κ3) is 3.05. The number of H-pyrrole nitrogens is 1. The molecule has 0 bridgehead atoms. The van der Waals surface area contributed by atoms with E-state index in [4.69, 9.17) is 5.41 Å². The van der Waals surface area contributed by atoms with E-state index in [0.29, 0.717) is 17.1 Å². The highest BCUT2D eigenvalue weighted by atomic mass is 19.1. The fourth-order valence-corrected chi connectivity index (χ4v) is 1.65. The number of rotatable bonds is 5. The van der Waals surface area contributed by atoms with Gasteiger partial charge in [0.2, 0.25) is 0 Å². The van der Waals surface area contributed by atoms with Gasteiger partial charge in [0.15, 0.2) is 0 Å². The molecule has 5 nitrogen and oxygen atoms in total. The van der Waals surface area contributed by atoms with Crippen LogP contribution in [0.1, 0.15) is 17.5 Å². The van der Waals surface area contributed by atoms with Crippen LogP contribution in [0.3, 0.4) is 0 Å². The smallest absolute Gasteiger partial charge is 0.139 e. The summed E-state index contributed by atoms with van der Waals surface area (Å²) in [6.45, 7) is 0. The summed E-state index contributed by atoms with van der Waals surface area (Å²) >= 11 is 0. The van der Waals surface area contributed by atoms with Crippen LogP contribution in [0.4, 0.5) is 10.1 Å². The summed E-state index contributed by atoms with van der Waals surface area (Å²) in [5.41, 5.74) is 0.910. The lowest BCUT2D eigenvalue weighted by Gasteiger charge is -2.13. The number of aliphatic hydroxyl groups is 1. The Balaban J connectivity index is 2.33. The van der Waals surface area contributed by atoms with Crippen LogP contribution in [0.5, 0.6) is 0 Å². The van der Waals surface area contributed by atoms with Crippen LogP contribution < -0.4 is 5.32 Å². The normalized spacial score (nSPS) is 12.5. The molecule has 2 aromatic rings. The number of benzene rings is 1. The average molecular weight is 260 g/mol. The number of allylic oxidation sites excluding steroid dienone is 1. The van der Waals surface area contributed by atoms with Crippen molar-refractivity contribution in [2.75, 3.05) is 5.32 Å². The van der Waals surface area contributed by atoms with Crippen molar-refractivity contribution in [2.45, 2.75) is 6.10 Å². The topological polar surface area (TPSA) is 84.8 Å². The molecule has 0 saturated heterocycles. The molecule has 2 rings (SSSR count). The van der Waals surface area contributed by atoms with Crippen LogP contribution in [-0.2, 0) is 0 Å². The summed E-state index contributed by atoms with van der Waals surface area (Å²) in [5.74, 6) is -0.0353. The summed E-state index contributed by atoms with van der Waals surface area (Å²) < 4.78 is 13.2. The summed E-state index contributed by atoms with van der Waals surface area (Å²) in [6, 6.07) is 4.03. The monoisotopic (exact) mass is 260 g/mol. The Hall–Kier alpha value is -2.47. The van der Waals surface area contributed by atoms with Gasteiger partial charge in [-0.2, -0.15) is 0 Å². The van der Waals surface area contributed by atoms with Gasteiger partial charge in [0.25, 0.3) is 0 Å². The lowest BCUT2D eigenvalue weighted by atomic mass is 10.1. The molecule has 98 valence electrons. The zero-order valence-corrected chi connectivity index (χ0v) is 9.97. The van der Waals surface area contributed by atoms with Gasteiger partial charge in [-0.15, -0.1) is 0 Å². The van der Waals surface area contributed by atoms with Crippen LogP contribution in [0.25, 0.3) is 0 Å². The van der Waals surface area contributed by atoms with Gasteiger partial charge in [0, 0.05) is 36.1 Å². The first-order valence-electron chi connectivity index (χ1n) is 5.61. The van der Waals surface area contributed by atoms with E-state index >= 15 is 0 Å². The number of aromatic nitrogens is 2. The number of aromatic amines is 1.